The molecule has 0 saturated heterocycles. The van der Waals surface area contributed by atoms with Gasteiger partial charge in [0.15, 0.2) is 0 Å². The summed E-state index contributed by atoms with van der Waals surface area (Å²) in [5.41, 5.74) is 4.01. The monoisotopic (exact) mass is 301 g/mol. The Hall–Kier alpha value is -2.38. The van der Waals surface area contributed by atoms with Crippen LogP contribution in [0.4, 0.5) is 0 Å². The third-order valence-corrected chi connectivity index (χ3v) is 4.24. The van der Waals surface area contributed by atoms with E-state index in [0.29, 0.717) is 12.1 Å². The molecule has 0 fully saturated rings. The maximum Gasteiger partial charge on any atom is 0.0366 e. The third kappa shape index (κ3) is 4.30. The predicted octanol–water partition coefficient (Wildman–Crippen LogP) is 5.32. The number of hydrogen-bond donors (Lipinski definition) is 1. The molecule has 0 aliphatic rings. The summed E-state index contributed by atoms with van der Waals surface area (Å²) in [6.07, 6.45) is 0.988. The van der Waals surface area contributed by atoms with Crippen LogP contribution in [0.1, 0.15) is 35.7 Å². The van der Waals surface area contributed by atoms with Gasteiger partial charge in [0.05, 0.1) is 0 Å². The Morgan fingerprint density at radius 1 is 0.652 bits per heavy atom. The van der Waals surface area contributed by atoms with Crippen molar-refractivity contribution >= 4 is 0 Å². The van der Waals surface area contributed by atoms with Gasteiger partial charge in [-0.2, -0.15) is 0 Å². The lowest BCUT2D eigenvalue weighted by Crippen LogP contribution is -2.26. The van der Waals surface area contributed by atoms with Crippen LogP contribution in [0.15, 0.2) is 91.0 Å². The molecule has 0 aliphatic carbocycles. The van der Waals surface area contributed by atoms with Crippen LogP contribution in [0, 0.1) is 0 Å². The van der Waals surface area contributed by atoms with Crippen molar-refractivity contribution in [2.45, 2.75) is 25.4 Å². The van der Waals surface area contributed by atoms with Crippen molar-refractivity contribution in [2.24, 2.45) is 0 Å². The van der Waals surface area contributed by atoms with E-state index in [4.69, 9.17) is 0 Å². The van der Waals surface area contributed by atoms with Crippen LogP contribution >= 0.6 is 0 Å². The Labute approximate surface area is 139 Å². The molecule has 3 aromatic carbocycles. The normalized spacial score (nSPS) is 13.4. The standard InChI is InChI=1S/C22H23N/c1-18(20-13-7-3-8-14-20)23-22(21-15-9-4-10-16-21)17-19-11-5-2-6-12-19/h2-16,18,22-23H,17H2,1H3/t18-,22?/m1/s1. The van der Waals surface area contributed by atoms with Crippen LogP contribution < -0.4 is 5.32 Å². The van der Waals surface area contributed by atoms with Crippen LogP contribution in [-0.2, 0) is 6.42 Å². The summed E-state index contributed by atoms with van der Waals surface area (Å²) >= 11 is 0. The second-order valence-corrected chi connectivity index (χ2v) is 5.95. The van der Waals surface area contributed by atoms with Gasteiger partial charge in [-0.3, -0.25) is 0 Å². The van der Waals surface area contributed by atoms with E-state index in [-0.39, 0.29) is 0 Å². The quantitative estimate of drug-likeness (QED) is 0.649. The highest BCUT2D eigenvalue weighted by molar-refractivity contribution is 5.25. The summed E-state index contributed by atoms with van der Waals surface area (Å²) in [6.45, 7) is 2.23. The molecule has 0 radical (unpaired) electrons. The molecule has 0 bridgehead atoms. The Morgan fingerprint density at radius 3 is 1.70 bits per heavy atom. The summed E-state index contributed by atoms with van der Waals surface area (Å²) in [7, 11) is 0. The summed E-state index contributed by atoms with van der Waals surface area (Å²) in [5.74, 6) is 0. The van der Waals surface area contributed by atoms with Gasteiger partial charge in [-0.15, -0.1) is 0 Å². The van der Waals surface area contributed by atoms with Gasteiger partial charge in [0, 0.05) is 12.1 Å². The fourth-order valence-electron chi connectivity index (χ4n) is 2.95. The van der Waals surface area contributed by atoms with E-state index < -0.39 is 0 Å². The molecule has 23 heavy (non-hydrogen) atoms. The van der Waals surface area contributed by atoms with Crippen LogP contribution in [0.5, 0.6) is 0 Å². The number of rotatable bonds is 6. The molecule has 2 atom stereocenters. The SMILES string of the molecule is C[C@@H](NC(Cc1ccccc1)c1ccccc1)c1ccccc1. The zero-order valence-electron chi connectivity index (χ0n) is 13.5. The lowest BCUT2D eigenvalue weighted by Gasteiger charge is -2.24. The molecule has 3 rings (SSSR count). The first-order valence-electron chi connectivity index (χ1n) is 8.23. The number of hydrogen-bond acceptors (Lipinski definition) is 1. The lowest BCUT2D eigenvalue weighted by molar-refractivity contribution is 0.464. The maximum absolute atomic E-state index is 3.80. The first kappa shape index (κ1) is 15.5. The van der Waals surface area contributed by atoms with E-state index in [1.165, 1.54) is 16.7 Å². The van der Waals surface area contributed by atoms with Gasteiger partial charge >= 0.3 is 0 Å². The van der Waals surface area contributed by atoms with E-state index in [9.17, 15) is 0 Å². The molecular formula is C22H23N. The third-order valence-electron chi connectivity index (χ3n) is 4.24. The summed E-state index contributed by atoms with van der Waals surface area (Å²) in [4.78, 5) is 0. The molecule has 1 nitrogen and oxygen atoms in total. The first-order chi connectivity index (χ1) is 11.3. The van der Waals surface area contributed by atoms with Crippen LogP contribution in [-0.4, -0.2) is 0 Å². The zero-order valence-corrected chi connectivity index (χ0v) is 13.5. The first-order valence-corrected chi connectivity index (χ1v) is 8.23. The second kappa shape index (κ2) is 7.75. The second-order valence-electron chi connectivity index (χ2n) is 5.95. The Morgan fingerprint density at radius 2 is 1.13 bits per heavy atom. The summed E-state index contributed by atoms with van der Waals surface area (Å²) < 4.78 is 0. The summed E-state index contributed by atoms with van der Waals surface area (Å²) in [6, 6.07) is 32.6. The van der Waals surface area contributed by atoms with E-state index >= 15 is 0 Å². The molecule has 0 heterocycles. The average molecular weight is 301 g/mol. The minimum absolute atomic E-state index is 0.300. The van der Waals surface area contributed by atoms with Crippen molar-refractivity contribution in [1.29, 1.82) is 0 Å². The highest BCUT2D eigenvalue weighted by Crippen LogP contribution is 2.23. The Kier molecular flexibility index (Phi) is 5.23. The van der Waals surface area contributed by atoms with E-state index in [1.807, 2.05) is 0 Å². The van der Waals surface area contributed by atoms with Gasteiger partial charge in [0.2, 0.25) is 0 Å². The smallest absolute Gasteiger partial charge is 0.0366 e. The van der Waals surface area contributed by atoms with Crippen molar-refractivity contribution < 1.29 is 0 Å². The highest BCUT2D eigenvalue weighted by atomic mass is 14.9. The minimum atomic E-state index is 0.300. The largest absolute Gasteiger partial charge is 0.303 e. The van der Waals surface area contributed by atoms with Crippen LogP contribution in [0.2, 0.25) is 0 Å². The molecule has 3 aromatic rings. The van der Waals surface area contributed by atoms with Crippen molar-refractivity contribution in [3.05, 3.63) is 108 Å². The molecule has 116 valence electrons. The molecule has 0 aliphatic heterocycles. The summed E-state index contributed by atoms with van der Waals surface area (Å²) in [5, 5.41) is 3.80. The lowest BCUT2D eigenvalue weighted by atomic mass is 9.97. The topological polar surface area (TPSA) is 12.0 Å². The molecule has 0 amide bonds. The number of benzene rings is 3. The highest BCUT2D eigenvalue weighted by Gasteiger charge is 2.15. The molecule has 0 aromatic heterocycles. The minimum Gasteiger partial charge on any atom is -0.303 e. The van der Waals surface area contributed by atoms with Crippen LogP contribution in [0.25, 0.3) is 0 Å². The van der Waals surface area contributed by atoms with Gasteiger partial charge in [-0.1, -0.05) is 91.0 Å². The Balaban J connectivity index is 1.81. The van der Waals surface area contributed by atoms with E-state index in [2.05, 4.69) is 103 Å². The average Bonchev–Trinajstić information content (AvgIpc) is 2.63. The number of nitrogens with one attached hydrogen (secondary N) is 1. The fourth-order valence-corrected chi connectivity index (χ4v) is 2.95. The van der Waals surface area contributed by atoms with Crippen molar-refractivity contribution in [3.8, 4) is 0 Å². The van der Waals surface area contributed by atoms with Gasteiger partial charge in [0.1, 0.15) is 0 Å². The Bertz CT molecular complexity index is 692. The van der Waals surface area contributed by atoms with Gasteiger partial charge in [-0.05, 0) is 30.0 Å². The van der Waals surface area contributed by atoms with Crippen molar-refractivity contribution in [1.82, 2.24) is 5.32 Å². The van der Waals surface area contributed by atoms with Gasteiger partial charge in [-0.25, -0.2) is 0 Å². The van der Waals surface area contributed by atoms with Crippen molar-refractivity contribution in [3.63, 3.8) is 0 Å². The zero-order chi connectivity index (χ0) is 15.9. The molecule has 1 unspecified atom stereocenters. The van der Waals surface area contributed by atoms with Crippen LogP contribution in [0.3, 0.4) is 0 Å². The molecule has 1 N–H and O–H groups in total. The molecule has 0 saturated carbocycles. The molecule has 0 spiro atoms. The van der Waals surface area contributed by atoms with Gasteiger partial charge < -0.3 is 5.32 Å². The van der Waals surface area contributed by atoms with Crippen molar-refractivity contribution in [2.75, 3.05) is 0 Å². The molecular weight excluding hydrogens is 278 g/mol. The predicted molar refractivity (Wildman–Crippen MR) is 97.3 cm³/mol. The maximum atomic E-state index is 3.80. The molecule has 1 heteroatoms. The fraction of sp³-hybridized carbons (Fsp3) is 0.182. The van der Waals surface area contributed by atoms with E-state index in [0.717, 1.165) is 6.42 Å². The van der Waals surface area contributed by atoms with E-state index in [1.54, 1.807) is 0 Å². The van der Waals surface area contributed by atoms with Gasteiger partial charge in [0.25, 0.3) is 0 Å².